The maximum absolute atomic E-state index is 12.1. The minimum Gasteiger partial charge on any atom is -0.507 e. The van der Waals surface area contributed by atoms with Crippen LogP contribution in [0.15, 0.2) is 70.2 Å². The van der Waals surface area contributed by atoms with E-state index in [-0.39, 0.29) is 17.9 Å². The number of phenols is 1. The van der Waals surface area contributed by atoms with Gasteiger partial charge in [0.05, 0.1) is 22.9 Å². The highest BCUT2D eigenvalue weighted by atomic mass is 79.9. The molecule has 2 N–H and O–H groups in total. The molecule has 0 aliphatic carbocycles. The average Bonchev–Trinajstić information content (AvgIpc) is 2.75. The fraction of sp³-hybridized carbons (Fsp3) is 0.130. The van der Waals surface area contributed by atoms with E-state index in [9.17, 15) is 9.90 Å². The van der Waals surface area contributed by atoms with Gasteiger partial charge < -0.3 is 14.6 Å². The standard InChI is InChI=1S/C23H20BrClN2O4/c1-2-30-21-12-15(13-26-27-23(29)17-8-4-6-10-20(17)28)11-18(24)22(21)31-14-16-7-3-5-9-19(16)25/h3-13,28H,2,14H2,1H3,(H,27,29). The van der Waals surface area contributed by atoms with Crippen LogP contribution in [-0.4, -0.2) is 23.8 Å². The number of rotatable bonds is 8. The summed E-state index contributed by atoms with van der Waals surface area (Å²) in [5.74, 6) is 0.435. The molecule has 1 amide bonds. The van der Waals surface area contributed by atoms with Crippen molar-refractivity contribution in [2.75, 3.05) is 6.61 Å². The molecule has 3 rings (SSSR count). The summed E-state index contributed by atoms with van der Waals surface area (Å²) >= 11 is 9.71. The number of amides is 1. The van der Waals surface area contributed by atoms with E-state index in [1.165, 1.54) is 18.3 Å². The van der Waals surface area contributed by atoms with Crippen LogP contribution in [-0.2, 0) is 6.61 Å². The van der Waals surface area contributed by atoms with Crippen LogP contribution in [0.25, 0.3) is 0 Å². The quantitative estimate of drug-likeness (QED) is 0.312. The summed E-state index contributed by atoms with van der Waals surface area (Å²) in [5, 5.41) is 14.3. The Labute approximate surface area is 193 Å². The van der Waals surface area contributed by atoms with Gasteiger partial charge in [0.1, 0.15) is 12.4 Å². The monoisotopic (exact) mass is 502 g/mol. The number of nitrogens with one attached hydrogen (secondary N) is 1. The predicted octanol–water partition coefficient (Wildman–Crippen LogP) is 5.55. The van der Waals surface area contributed by atoms with Crippen LogP contribution in [0.1, 0.15) is 28.4 Å². The number of benzene rings is 3. The maximum Gasteiger partial charge on any atom is 0.275 e. The van der Waals surface area contributed by atoms with E-state index in [0.29, 0.717) is 33.2 Å². The van der Waals surface area contributed by atoms with Crippen molar-refractivity contribution in [3.63, 3.8) is 0 Å². The second-order valence-electron chi connectivity index (χ2n) is 6.36. The number of para-hydroxylation sites is 1. The Kier molecular flexibility index (Phi) is 7.92. The number of ether oxygens (including phenoxy) is 2. The summed E-state index contributed by atoms with van der Waals surface area (Å²) in [5.41, 5.74) is 4.07. The molecule has 0 atom stereocenters. The number of phenolic OH excluding ortho intramolecular Hbond substituents is 1. The Morgan fingerprint density at radius 3 is 2.65 bits per heavy atom. The van der Waals surface area contributed by atoms with Crippen molar-refractivity contribution in [1.29, 1.82) is 0 Å². The minimum absolute atomic E-state index is 0.114. The van der Waals surface area contributed by atoms with Crippen molar-refractivity contribution in [2.45, 2.75) is 13.5 Å². The molecule has 3 aromatic rings. The molecular formula is C23H20BrClN2O4. The minimum atomic E-state index is -0.516. The zero-order valence-corrected chi connectivity index (χ0v) is 19.0. The summed E-state index contributed by atoms with van der Waals surface area (Å²) in [4.78, 5) is 12.1. The van der Waals surface area contributed by atoms with Gasteiger partial charge in [0.15, 0.2) is 11.5 Å². The topological polar surface area (TPSA) is 80.2 Å². The molecule has 0 aliphatic heterocycles. The summed E-state index contributed by atoms with van der Waals surface area (Å²) in [7, 11) is 0. The normalized spacial score (nSPS) is 10.8. The number of carbonyl (C=O) groups is 1. The third-order valence-electron chi connectivity index (χ3n) is 4.19. The first-order chi connectivity index (χ1) is 15.0. The third-order valence-corrected chi connectivity index (χ3v) is 5.15. The fourth-order valence-electron chi connectivity index (χ4n) is 2.72. The Morgan fingerprint density at radius 2 is 1.90 bits per heavy atom. The van der Waals surface area contributed by atoms with Crippen LogP contribution in [0.2, 0.25) is 5.02 Å². The van der Waals surface area contributed by atoms with Gasteiger partial charge in [0, 0.05) is 10.6 Å². The molecule has 0 aliphatic rings. The Morgan fingerprint density at radius 1 is 1.16 bits per heavy atom. The van der Waals surface area contributed by atoms with Crippen LogP contribution < -0.4 is 14.9 Å². The summed E-state index contributed by atoms with van der Waals surface area (Å²) in [6.07, 6.45) is 1.48. The number of aromatic hydroxyl groups is 1. The van der Waals surface area contributed by atoms with Gasteiger partial charge in [0.25, 0.3) is 5.91 Å². The number of hydrogen-bond acceptors (Lipinski definition) is 5. The third kappa shape index (κ3) is 5.99. The van der Waals surface area contributed by atoms with Gasteiger partial charge in [-0.1, -0.05) is 41.9 Å². The molecule has 0 spiro atoms. The van der Waals surface area contributed by atoms with E-state index in [1.807, 2.05) is 31.2 Å². The highest BCUT2D eigenvalue weighted by Gasteiger charge is 2.13. The maximum atomic E-state index is 12.1. The molecule has 160 valence electrons. The van der Waals surface area contributed by atoms with Gasteiger partial charge in [0.2, 0.25) is 0 Å². The highest BCUT2D eigenvalue weighted by molar-refractivity contribution is 9.10. The molecule has 0 radical (unpaired) electrons. The summed E-state index contributed by atoms with van der Waals surface area (Å²) < 4.78 is 12.3. The van der Waals surface area contributed by atoms with E-state index < -0.39 is 5.91 Å². The number of hydrazone groups is 1. The van der Waals surface area contributed by atoms with Crippen molar-refractivity contribution >= 4 is 39.7 Å². The smallest absolute Gasteiger partial charge is 0.275 e. The lowest BCUT2D eigenvalue weighted by Crippen LogP contribution is -2.17. The fourth-order valence-corrected chi connectivity index (χ4v) is 3.49. The van der Waals surface area contributed by atoms with Crippen LogP contribution in [0, 0.1) is 0 Å². The van der Waals surface area contributed by atoms with E-state index >= 15 is 0 Å². The van der Waals surface area contributed by atoms with Crippen molar-refractivity contribution in [2.24, 2.45) is 5.10 Å². The van der Waals surface area contributed by atoms with Crippen molar-refractivity contribution in [3.05, 3.63) is 86.8 Å². The lowest BCUT2D eigenvalue weighted by molar-refractivity contribution is 0.0952. The number of halogens is 2. The first-order valence-electron chi connectivity index (χ1n) is 9.43. The first kappa shape index (κ1) is 22.7. The molecule has 0 bridgehead atoms. The zero-order valence-electron chi connectivity index (χ0n) is 16.6. The Bertz CT molecular complexity index is 1100. The van der Waals surface area contributed by atoms with Gasteiger partial charge in [-0.2, -0.15) is 5.10 Å². The molecule has 0 unspecified atom stereocenters. The van der Waals surface area contributed by atoms with Gasteiger partial charge in [-0.3, -0.25) is 4.79 Å². The Balaban J connectivity index is 1.74. The SMILES string of the molecule is CCOc1cc(C=NNC(=O)c2ccccc2O)cc(Br)c1OCc1ccccc1Cl. The van der Waals surface area contributed by atoms with E-state index in [4.69, 9.17) is 21.1 Å². The summed E-state index contributed by atoms with van der Waals surface area (Å²) in [6, 6.07) is 17.2. The summed E-state index contributed by atoms with van der Waals surface area (Å²) in [6.45, 7) is 2.60. The second-order valence-corrected chi connectivity index (χ2v) is 7.62. The number of nitrogens with zero attached hydrogens (tertiary/aromatic N) is 1. The van der Waals surface area contributed by atoms with Crippen molar-refractivity contribution in [1.82, 2.24) is 5.43 Å². The lowest BCUT2D eigenvalue weighted by atomic mass is 10.2. The number of carbonyl (C=O) groups excluding carboxylic acids is 1. The van der Waals surface area contributed by atoms with Crippen molar-refractivity contribution in [3.8, 4) is 17.2 Å². The average molecular weight is 504 g/mol. The molecular weight excluding hydrogens is 484 g/mol. The number of hydrogen-bond donors (Lipinski definition) is 2. The molecule has 0 saturated heterocycles. The largest absolute Gasteiger partial charge is 0.507 e. The molecule has 3 aromatic carbocycles. The van der Waals surface area contributed by atoms with Crippen LogP contribution >= 0.6 is 27.5 Å². The lowest BCUT2D eigenvalue weighted by Gasteiger charge is -2.15. The first-order valence-corrected chi connectivity index (χ1v) is 10.6. The van der Waals surface area contributed by atoms with E-state index in [2.05, 4.69) is 26.5 Å². The van der Waals surface area contributed by atoms with Gasteiger partial charge in [-0.05, 0) is 58.7 Å². The van der Waals surface area contributed by atoms with Crippen LogP contribution in [0.4, 0.5) is 0 Å². The zero-order chi connectivity index (χ0) is 22.2. The highest BCUT2D eigenvalue weighted by Crippen LogP contribution is 2.37. The molecule has 8 heteroatoms. The van der Waals surface area contributed by atoms with Gasteiger partial charge in [-0.25, -0.2) is 5.43 Å². The molecule has 6 nitrogen and oxygen atoms in total. The molecule has 0 aromatic heterocycles. The van der Waals surface area contributed by atoms with Crippen LogP contribution in [0.5, 0.6) is 17.2 Å². The van der Waals surface area contributed by atoms with Gasteiger partial charge in [-0.15, -0.1) is 0 Å². The van der Waals surface area contributed by atoms with E-state index in [1.54, 1.807) is 24.3 Å². The molecule has 0 fully saturated rings. The molecule has 0 heterocycles. The molecule has 0 saturated carbocycles. The predicted molar refractivity (Wildman–Crippen MR) is 124 cm³/mol. The second kappa shape index (κ2) is 10.8. The molecule has 31 heavy (non-hydrogen) atoms. The van der Waals surface area contributed by atoms with E-state index in [0.717, 1.165) is 5.56 Å². The van der Waals surface area contributed by atoms with Crippen LogP contribution in [0.3, 0.4) is 0 Å². The van der Waals surface area contributed by atoms with Crippen molar-refractivity contribution < 1.29 is 19.4 Å². The Hall–Kier alpha value is -3.03. The van der Waals surface area contributed by atoms with Gasteiger partial charge >= 0.3 is 0 Å².